The van der Waals surface area contributed by atoms with E-state index in [0.29, 0.717) is 37.2 Å². The summed E-state index contributed by atoms with van der Waals surface area (Å²) in [6, 6.07) is 16.6. The molecule has 0 radical (unpaired) electrons. The molecule has 0 spiro atoms. The van der Waals surface area contributed by atoms with Crippen molar-refractivity contribution in [2.75, 3.05) is 13.2 Å². The van der Waals surface area contributed by atoms with Crippen LogP contribution in [0.1, 0.15) is 35.1 Å². The van der Waals surface area contributed by atoms with Crippen LogP contribution in [0.3, 0.4) is 0 Å². The molecule has 2 aromatic carbocycles. The first-order valence-corrected chi connectivity index (χ1v) is 9.81. The maximum atomic E-state index is 12.8. The number of aliphatic hydroxyl groups is 1. The monoisotopic (exact) mass is 392 g/mol. The third kappa shape index (κ3) is 3.71. The summed E-state index contributed by atoms with van der Waals surface area (Å²) < 4.78 is 11.2. The molecule has 6 nitrogen and oxygen atoms in total. The fourth-order valence-corrected chi connectivity index (χ4v) is 4.65. The van der Waals surface area contributed by atoms with Crippen LogP contribution in [0.4, 0.5) is 4.79 Å². The van der Waals surface area contributed by atoms with E-state index in [1.165, 1.54) is 0 Å². The summed E-state index contributed by atoms with van der Waals surface area (Å²) in [6.07, 6.45) is 0.229. The molecular formula is C23H24N2O4. The van der Waals surface area contributed by atoms with Crippen LogP contribution in [0.5, 0.6) is 0 Å². The Morgan fingerprint density at radius 2 is 1.90 bits per heavy atom. The average molecular weight is 392 g/mol. The number of aryl methyl sites for hydroxylation is 1. The second-order valence-electron chi connectivity index (χ2n) is 7.84. The van der Waals surface area contributed by atoms with E-state index in [0.717, 1.165) is 11.1 Å². The van der Waals surface area contributed by atoms with Crippen molar-refractivity contribution in [3.63, 3.8) is 0 Å². The summed E-state index contributed by atoms with van der Waals surface area (Å²) in [5.41, 5.74) is 1.77. The number of benzene rings is 2. The molecule has 2 saturated heterocycles. The van der Waals surface area contributed by atoms with Gasteiger partial charge in [-0.05, 0) is 24.1 Å². The molecule has 2 aromatic rings. The minimum Gasteiger partial charge on any atom is -0.445 e. The van der Waals surface area contributed by atoms with Gasteiger partial charge in [0.25, 0.3) is 0 Å². The predicted octanol–water partition coefficient (Wildman–Crippen LogP) is 3.25. The lowest BCUT2D eigenvalue weighted by molar-refractivity contribution is -0.137. The van der Waals surface area contributed by atoms with Gasteiger partial charge in [0.05, 0.1) is 42.5 Å². The highest BCUT2D eigenvalue weighted by Crippen LogP contribution is 2.43. The first-order chi connectivity index (χ1) is 14.0. The van der Waals surface area contributed by atoms with E-state index in [1.54, 1.807) is 11.0 Å². The molecular weight excluding hydrogens is 368 g/mol. The fourth-order valence-electron chi connectivity index (χ4n) is 4.65. The Kier molecular flexibility index (Phi) is 5.27. The Balaban J connectivity index is 1.55. The number of nitrogens with zero attached hydrogens (tertiary/aromatic N) is 2. The molecule has 2 aliphatic heterocycles. The van der Waals surface area contributed by atoms with E-state index >= 15 is 0 Å². The van der Waals surface area contributed by atoms with Gasteiger partial charge >= 0.3 is 6.09 Å². The number of nitriles is 1. The molecule has 2 heterocycles. The number of carbonyl (C=O) groups is 1. The summed E-state index contributed by atoms with van der Waals surface area (Å²) in [6.45, 7) is 2.79. The summed E-state index contributed by atoms with van der Waals surface area (Å²) in [5, 5.41) is 21.1. The number of hydrogen-bond donors (Lipinski definition) is 1. The molecule has 150 valence electrons. The van der Waals surface area contributed by atoms with E-state index in [-0.39, 0.29) is 24.8 Å². The van der Waals surface area contributed by atoms with Crippen molar-refractivity contribution in [2.45, 2.75) is 44.1 Å². The van der Waals surface area contributed by atoms with Crippen LogP contribution in [0.15, 0.2) is 48.5 Å². The van der Waals surface area contributed by atoms with E-state index in [1.807, 2.05) is 49.4 Å². The molecule has 6 heteroatoms. The first kappa shape index (κ1) is 19.4. The Hall–Kier alpha value is -2.88. The van der Waals surface area contributed by atoms with Gasteiger partial charge in [0.15, 0.2) is 0 Å². The molecule has 2 fully saturated rings. The quantitative estimate of drug-likeness (QED) is 0.867. The molecule has 29 heavy (non-hydrogen) atoms. The minimum absolute atomic E-state index is 0.205. The molecule has 0 aromatic heterocycles. The first-order valence-electron chi connectivity index (χ1n) is 9.81. The maximum absolute atomic E-state index is 12.8. The van der Waals surface area contributed by atoms with Crippen LogP contribution in [-0.2, 0) is 21.7 Å². The van der Waals surface area contributed by atoms with Crippen LogP contribution in [-0.4, -0.2) is 41.4 Å². The van der Waals surface area contributed by atoms with Crippen molar-refractivity contribution in [3.8, 4) is 6.07 Å². The summed E-state index contributed by atoms with van der Waals surface area (Å²) in [4.78, 5) is 14.6. The van der Waals surface area contributed by atoms with Crippen molar-refractivity contribution >= 4 is 6.09 Å². The van der Waals surface area contributed by atoms with E-state index in [9.17, 15) is 15.2 Å². The van der Waals surface area contributed by atoms with E-state index in [4.69, 9.17) is 9.47 Å². The lowest BCUT2D eigenvalue weighted by Crippen LogP contribution is -2.62. The number of morpholine rings is 1. The van der Waals surface area contributed by atoms with Gasteiger partial charge in [-0.25, -0.2) is 4.79 Å². The molecule has 2 unspecified atom stereocenters. The molecule has 2 bridgehead atoms. The number of rotatable bonds is 3. The topological polar surface area (TPSA) is 82.8 Å². The standard InChI is InChI=1S/C23H24N2O4/c1-16-6-5-9-18(12-24)21(16)23(27)10-19-14-28-15-20(11-23)25(19)22(26)29-13-17-7-3-2-4-8-17/h2-9,19-20,27H,10-11,13-15H2,1H3. The van der Waals surface area contributed by atoms with Gasteiger partial charge in [0.1, 0.15) is 6.61 Å². The predicted molar refractivity (Wildman–Crippen MR) is 106 cm³/mol. The second kappa shape index (κ2) is 7.86. The number of hydrogen-bond acceptors (Lipinski definition) is 5. The highest BCUT2D eigenvalue weighted by atomic mass is 16.6. The van der Waals surface area contributed by atoms with Crippen molar-refractivity contribution in [1.82, 2.24) is 4.90 Å². The lowest BCUT2D eigenvalue weighted by Gasteiger charge is -2.51. The van der Waals surface area contributed by atoms with Crippen molar-refractivity contribution in [2.24, 2.45) is 0 Å². The van der Waals surface area contributed by atoms with Gasteiger partial charge in [0, 0.05) is 18.4 Å². The average Bonchev–Trinajstić information content (AvgIpc) is 2.71. The van der Waals surface area contributed by atoms with E-state index in [2.05, 4.69) is 6.07 Å². The summed E-state index contributed by atoms with van der Waals surface area (Å²) in [7, 11) is 0. The van der Waals surface area contributed by atoms with Crippen LogP contribution < -0.4 is 0 Å². The lowest BCUT2D eigenvalue weighted by atomic mass is 9.74. The molecule has 4 rings (SSSR count). The van der Waals surface area contributed by atoms with E-state index < -0.39 is 5.60 Å². The third-order valence-electron chi connectivity index (χ3n) is 5.83. The molecule has 1 N–H and O–H groups in total. The van der Waals surface area contributed by atoms with Gasteiger partial charge in [-0.15, -0.1) is 0 Å². The number of carbonyl (C=O) groups excluding carboxylic acids is 1. The number of fused-ring (bicyclic) bond motifs is 2. The smallest absolute Gasteiger partial charge is 0.410 e. The van der Waals surface area contributed by atoms with Crippen LogP contribution >= 0.6 is 0 Å². The number of piperidine rings is 1. The van der Waals surface area contributed by atoms with Crippen molar-refractivity contribution < 1.29 is 19.4 Å². The Morgan fingerprint density at radius 1 is 1.21 bits per heavy atom. The molecule has 2 aliphatic rings. The zero-order chi connectivity index (χ0) is 20.4. The SMILES string of the molecule is Cc1cccc(C#N)c1C1(O)CC2COCC(C1)N2C(=O)OCc1ccccc1. The van der Waals surface area contributed by atoms with Crippen molar-refractivity contribution in [1.29, 1.82) is 5.26 Å². The van der Waals surface area contributed by atoms with Crippen LogP contribution in [0.2, 0.25) is 0 Å². The summed E-state index contributed by atoms with van der Waals surface area (Å²) >= 11 is 0. The Labute approximate surface area is 170 Å². The largest absolute Gasteiger partial charge is 0.445 e. The normalized spacial score (nSPS) is 25.9. The second-order valence-corrected chi connectivity index (χ2v) is 7.84. The molecule has 0 aliphatic carbocycles. The van der Waals surface area contributed by atoms with Gasteiger partial charge in [-0.2, -0.15) is 5.26 Å². The Morgan fingerprint density at radius 3 is 2.55 bits per heavy atom. The fraction of sp³-hybridized carbons (Fsp3) is 0.391. The van der Waals surface area contributed by atoms with Gasteiger partial charge in [0.2, 0.25) is 0 Å². The molecule has 1 amide bonds. The zero-order valence-electron chi connectivity index (χ0n) is 16.4. The Bertz CT molecular complexity index is 924. The van der Waals surface area contributed by atoms with Crippen molar-refractivity contribution in [3.05, 3.63) is 70.8 Å². The number of amides is 1. The van der Waals surface area contributed by atoms with Gasteiger partial charge in [-0.1, -0.05) is 42.5 Å². The molecule has 2 atom stereocenters. The van der Waals surface area contributed by atoms with Gasteiger partial charge < -0.3 is 14.6 Å². The highest BCUT2D eigenvalue weighted by Gasteiger charge is 2.50. The molecule has 0 saturated carbocycles. The van der Waals surface area contributed by atoms with Gasteiger partial charge in [-0.3, -0.25) is 4.90 Å². The minimum atomic E-state index is -1.17. The highest BCUT2D eigenvalue weighted by molar-refractivity contribution is 5.69. The number of ether oxygens (including phenoxy) is 2. The summed E-state index contributed by atoms with van der Waals surface area (Å²) in [5.74, 6) is 0. The van der Waals surface area contributed by atoms with Crippen LogP contribution in [0.25, 0.3) is 0 Å². The van der Waals surface area contributed by atoms with Crippen LogP contribution in [0, 0.1) is 18.3 Å². The third-order valence-corrected chi connectivity index (χ3v) is 5.83. The zero-order valence-corrected chi connectivity index (χ0v) is 16.4. The maximum Gasteiger partial charge on any atom is 0.410 e.